The molecule has 0 bridgehead atoms. The van der Waals surface area contributed by atoms with Crippen molar-refractivity contribution in [2.24, 2.45) is 0 Å². The van der Waals surface area contributed by atoms with Gasteiger partial charge in [-0.05, 0) is 47.9 Å². The van der Waals surface area contributed by atoms with Crippen LogP contribution in [0.15, 0.2) is 72.8 Å². The number of rotatable bonds is 3. The summed E-state index contributed by atoms with van der Waals surface area (Å²) in [5.41, 5.74) is 3.45. The van der Waals surface area contributed by atoms with Gasteiger partial charge in [0.05, 0.1) is 0 Å². The first-order valence-electron chi connectivity index (χ1n) is 10.8. The normalized spacial score (nSPS) is 15.4. The molecule has 1 fully saturated rings. The topological polar surface area (TPSA) is 59.1 Å². The average Bonchev–Trinajstić information content (AvgIpc) is 3.19. The summed E-state index contributed by atoms with van der Waals surface area (Å²) in [4.78, 5) is 29.7. The highest BCUT2D eigenvalue weighted by molar-refractivity contribution is 5.96. The van der Waals surface area contributed by atoms with Crippen LogP contribution in [0.25, 0.3) is 11.1 Å². The van der Waals surface area contributed by atoms with Crippen LogP contribution in [0.5, 0.6) is 11.5 Å². The molecule has 0 radical (unpaired) electrons. The largest absolute Gasteiger partial charge is 0.454 e. The zero-order valence-corrected chi connectivity index (χ0v) is 17.7. The summed E-state index contributed by atoms with van der Waals surface area (Å²) >= 11 is 0. The molecule has 0 aliphatic carbocycles. The van der Waals surface area contributed by atoms with Crippen LogP contribution in [0.2, 0.25) is 0 Å². The van der Waals surface area contributed by atoms with E-state index in [0.29, 0.717) is 48.8 Å². The lowest BCUT2D eigenvalue weighted by Gasteiger charge is -2.22. The van der Waals surface area contributed by atoms with Crippen LogP contribution in [0.3, 0.4) is 0 Å². The number of hydrogen-bond acceptors (Lipinski definition) is 4. The molecule has 1 saturated heterocycles. The number of ether oxygens (including phenoxy) is 2. The molecule has 0 saturated carbocycles. The van der Waals surface area contributed by atoms with Gasteiger partial charge >= 0.3 is 0 Å². The van der Waals surface area contributed by atoms with Crippen molar-refractivity contribution in [1.29, 1.82) is 0 Å². The van der Waals surface area contributed by atoms with Gasteiger partial charge in [0.1, 0.15) is 0 Å². The second-order valence-electron chi connectivity index (χ2n) is 7.95. The Hall–Kier alpha value is -3.80. The molecule has 32 heavy (non-hydrogen) atoms. The Kier molecular flexibility index (Phi) is 5.50. The van der Waals surface area contributed by atoms with Gasteiger partial charge in [-0.2, -0.15) is 0 Å². The van der Waals surface area contributed by atoms with Gasteiger partial charge in [0.15, 0.2) is 11.5 Å². The SMILES string of the molecule is O=C(c1ccc(-c2ccccc2)cc1)N1CCCN(C(=O)c2ccc3c(c2)OCO3)CC1. The quantitative estimate of drug-likeness (QED) is 0.631. The van der Waals surface area contributed by atoms with E-state index in [9.17, 15) is 9.59 Å². The lowest BCUT2D eigenvalue weighted by Crippen LogP contribution is -2.37. The predicted molar refractivity (Wildman–Crippen MR) is 121 cm³/mol. The Balaban J connectivity index is 1.24. The number of carbonyl (C=O) groups excluding carboxylic acids is 2. The standard InChI is InChI=1S/C26H24N2O4/c29-25(21-9-7-20(8-10-21)19-5-2-1-3-6-19)27-13-4-14-28(16-15-27)26(30)22-11-12-23-24(17-22)32-18-31-23/h1-3,5-12,17H,4,13-16,18H2. The summed E-state index contributed by atoms with van der Waals surface area (Å²) < 4.78 is 10.7. The maximum absolute atomic E-state index is 13.1. The van der Waals surface area contributed by atoms with Crippen molar-refractivity contribution >= 4 is 11.8 Å². The third-order valence-corrected chi connectivity index (χ3v) is 5.93. The molecule has 2 aliphatic heterocycles. The molecule has 6 nitrogen and oxygen atoms in total. The summed E-state index contributed by atoms with van der Waals surface area (Å²) in [6.07, 6.45) is 0.740. The third-order valence-electron chi connectivity index (χ3n) is 5.93. The fraction of sp³-hybridized carbons (Fsp3) is 0.231. The molecule has 3 aromatic carbocycles. The third kappa shape index (κ3) is 4.04. The lowest BCUT2D eigenvalue weighted by molar-refractivity contribution is 0.0718. The molecule has 2 aliphatic rings. The van der Waals surface area contributed by atoms with Gasteiger partial charge in [-0.1, -0.05) is 42.5 Å². The predicted octanol–water partition coefficient (Wildman–Crippen LogP) is 4.07. The van der Waals surface area contributed by atoms with E-state index in [0.717, 1.165) is 17.5 Å². The van der Waals surface area contributed by atoms with E-state index >= 15 is 0 Å². The van der Waals surface area contributed by atoms with E-state index in [2.05, 4.69) is 12.1 Å². The van der Waals surface area contributed by atoms with Crippen LogP contribution in [-0.4, -0.2) is 54.6 Å². The molecular formula is C26H24N2O4. The Morgan fingerprint density at radius 1 is 0.625 bits per heavy atom. The smallest absolute Gasteiger partial charge is 0.254 e. The summed E-state index contributed by atoms with van der Waals surface area (Å²) in [6.45, 7) is 2.44. The van der Waals surface area contributed by atoms with E-state index in [1.54, 1.807) is 18.2 Å². The highest BCUT2D eigenvalue weighted by atomic mass is 16.7. The second kappa shape index (κ2) is 8.75. The highest BCUT2D eigenvalue weighted by Crippen LogP contribution is 2.33. The molecule has 0 N–H and O–H groups in total. The minimum atomic E-state index is -0.0511. The van der Waals surface area contributed by atoms with Crippen molar-refractivity contribution < 1.29 is 19.1 Å². The van der Waals surface area contributed by atoms with Gasteiger partial charge in [-0.3, -0.25) is 9.59 Å². The number of benzene rings is 3. The van der Waals surface area contributed by atoms with Crippen LogP contribution >= 0.6 is 0 Å². The summed E-state index contributed by atoms with van der Waals surface area (Å²) in [7, 11) is 0. The molecule has 2 amide bonds. The van der Waals surface area contributed by atoms with E-state index in [1.165, 1.54) is 0 Å². The van der Waals surface area contributed by atoms with Gasteiger partial charge in [0, 0.05) is 37.3 Å². The summed E-state index contributed by atoms with van der Waals surface area (Å²) in [6, 6.07) is 23.1. The number of hydrogen-bond donors (Lipinski definition) is 0. The first kappa shape index (κ1) is 20.1. The summed E-state index contributed by atoms with van der Waals surface area (Å²) in [5.74, 6) is 1.21. The van der Waals surface area contributed by atoms with Crippen molar-refractivity contribution in [3.63, 3.8) is 0 Å². The minimum Gasteiger partial charge on any atom is -0.454 e. The van der Waals surface area contributed by atoms with E-state index in [-0.39, 0.29) is 18.6 Å². The fourth-order valence-corrected chi connectivity index (χ4v) is 4.15. The second-order valence-corrected chi connectivity index (χ2v) is 7.95. The number of amides is 2. The number of carbonyl (C=O) groups is 2. The van der Waals surface area contributed by atoms with Gasteiger partial charge in [-0.15, -0.1) is 0 Å². The molecule has 0 aromatic heterocycles. The molecule has 0 spiro atoms. The first-order valence-corrected chi connectivity index (χ1v) is 10.8. The average molecular weight is 428 g/mol. The Morgan fingerprint density at radius 2 is 1.22 bits per heavy atom. The zero-order chi connectivity index (χ0) is 21.9. The van der Waals surface area contributed by atoms with E-state index in [1.807, 2.05) is 52.3 Å². The molecule has 6 heteroatoms. The number of fused-ring (bicyclic) bond motifs is 1. The molecule has 2 heterocycles. The molecule has 0 atom stereocenters. The van der Waals surface area contributed by atoms with Crippen molar-refractivity contribution in [2.45, 2.75) is 6.42 Å². The van der Waals surface area contributed by atoms with Crippen LogP contribution in [0, 0.1) is 0 Å². The molecule has 5 rings (SSSR count). The van der Waals surface area contributed by atoms with Crippen LogP contribution in [0.4, 0.5) is 0 Å². The van der Waals surface area contributed by atoms with Crippen LogP contribution < -0.4 is 9.47 Å². The van der Waals surface area contributed by atoms with Crippen LogP contribution in [-0.2, 0) is 0 Å². The number of nitrogens with zero attached hydrogens (tertiary/aromatic N) is 2. The van der Waals surface area contributed by atoms with E-state index < -0.39 is 0 Å². The Labute approximate surface area is 187 Å². The minimum absolute atomic E-state index is 0.00184. The maximum atomic E-state index is 13.1. The Bertz CT molecular complexity index is 1130. The van der Waals surface area contributed by atoms with Gasteiger partial charge in [0.25, 0.3) is 11.8 Å². The molecule has 162 valence electrons. The highest BCUT2D eigenvalue weighted by Gasteiger charge is 2.25. The lowest BCUT2D eigenvalue weighted by atomic mass is 10.0. The van der Waals surface area contributed by atoms with Crippen molar-refractivity contribution in [2.75, 3.05) is 33.0 Å². The van der Waals surface area contributed by atoms with Gasteiger partial charge < -0.3 is 19.3 Å². The maximum Gasteiger partial charge on any atom is 0.254 e. The molecular weight excluding hydrogens is 404 g/mol. The molecule has 0 unspecified atom stereocenters. The Morgan fingerprint density at radius 3 is 1.94 bits per heavy atom. The van der Waals surface area contributed by atoms with Gasteiger partial charge in [0.2, 0.25) is 6.79 Å². The monoisotopic (exact) mass is 428 g/mol. The first-order chi connectivity index (χ1) is 15.7. The zero-order valence-electron chi connectivity index (χ0n) is 17.7. The fourth-order valence-electron chi connectivity index (χ4n) is 4.15. The van der Waals surface area contributed by atoms with Crippen molar-refractivity contribution in [3.8, 4) is 22.6 Å². The molecule has 3 aromatic rings. The van der Waals surface area contributed by atoms with Crippen molar-refractivity contribution in [3.05, 3.63) is 83.9 Å². The summed E-state index contributed by atoms with van der Waals surface area (Å²) in [5, 5.41) is 0. The van der Waals surface area contributed by atoms with Crippen LogP contribution in [0.1, 0.15) is 27.1 Å². The van der Waals surface area contributed by atoms with Crippen molar-refractivity contribution in [1.82, 2.24) is 9.80 Å². The van der Waals surface area contributed by atoms with E-state index in [4.69, 9.17) is 9.47 Å². The van der Waals surface area contributed by atoms with Gasteiger partial charge in [-0.25, -0.2) is 0 Å².